The van der Waals surface area contributed by atoms with Gasteiger partial charge in [0, 0.05) is 19.8 Å². The van der Waals surface area contributed by atoms with Crippen LogP contribution in [-0.2, 0) is 9.53 Å². The smallest absolute Gasteiger partial charge is 0.306 e. The van der Waals surface area contributed by atoms with Crippen LogP contribution < -0.4 is 5.32 Å². The van der Waals surface area contributed by atoms with E-state index in [9.17, 15) is 9.90 Å². The third-order valence-electron chi connectivity index (χ3n) is 3.81. The molecule has 1 fully saturated rings. The van der Waals surface area contributed by atoms with Crippen LogP contribution in [0.5, 0.6) is 0 Å². The first-order valence-electron chi connectivity index (χ1n) is 7.66. The molecule has 1 aliphatic carbocycles. The van der Waals surface area contributed by atoms with Crippen LogP contribution >= 0.6 is 0 Å². The summed E-state index contributed by atoms with van der Waals surface area (Å²) in [6, 6.07) is 0. The van der Waals surface area contributed by atoms with Gasteiger partial charge < -0.3 is 20.3 Å². The molecular formula is C15H29NO4. The molecule has 5 heteroatoms. The van der Waals surface area contributed by atoms with E-state index in [1.165, 1.54) is 0 Å². The molecule has 0 radical (unpaired) electrons. The molecule has 0 heterocycles. The molecule has 1 rings (SSSR count). The summed E-state index contributed by atoms with van der Waals surface area (Å²) >= 11 is 0. The van der Waals surface area contributed by atoms with Crippen molar-refractivity contribution in [3.8, 4) is 0 Å². The van der Waals surface area contributed by atoms with Gasteiger partial charge in [-0.1, -0.05) is 13.8 Å². The molecule has 0 spiro atoms. The quantitative estimate of drug-likeness (QED) is 0.562. The number of ether oxygens (including phenoxy) is 1. The fraction of sp³-hybridized carbons (Fsp3) is 0.933. The normalized spacial score (nSPS) is 26.9. The van der Waals surface area contributed by atoms with Crippen LogP contribution in [0.4, 0.5) is 0 Å². The van der Waals surface area contributed by atoms with Gasteiger partial charge in [0.15, 0.2) is 0 Å². The fourth-order valence-electron chi connectivity index (χ4n) is 2.52. The van der Waals surface area contributed by atoms with Crippen molar-refractivity contribution in [2.24, 2.45) is 11.8 Å². The lowest BCUT2D eigenvalue weighted by atomic mass is 9.79. The fourth-order valence-corrected chi connectivity index (χ4v) is 2.52. The zero-order chi connectivity index (χ0) is 15.0. The average Bonchev–Trinajstić information content (AvgIpc) is 2.37. The van der Waals surface area contributed by atoms with Crippen molar-refractivity contribution in [1.82, 2.24) is 5.32 Å². The number of nitrogens with one attached hydrogen (secondary N) is 1. The highest BCUT2D eigenvalue weighted by Crippen LogP contribution is 2.31. The molecule has 0 aromatic rings. The lowest BCUT2D eigenvalue weighted by molar-refractivity contribution is -0.144. The summed E-state index contributed by atoms with van der Waals surface area (Å²) in [6.45, 7) is 7.15. The molecule has 0 atom stereocenters. The zero-order valence-electron chi connectivity index (χ0n) is 12.7. The first-order valence-corrected chi connectivity index (χ1v) is 7.66. The highest BCUT2D eigenvalue weighted by molar-refractivity contribution is 5.70. The lowest BCUT2D eigenvalue weighted by Gasteiger charge is -2.34. The summed E-state index contributed by atoms with van der Waals surface area (Å²) in [4.78, 5) is 10.9. The van der Waals surface area contributed by atoms with Crippen LogP contribution in [0, 0.1) is 11.8 Å². The number of aliphatic carboxylic acids is 1. The molecule has 0 amide bonds. The maximum Gasteiger partial charge on any atom is 0.306 e. The van der Waals surface area contributed by atoms with Gasteiger partial charge in [0.25, 0.3) is 0 Å². The Bertz CT molecular complexity index is 286. The number of rotatable bonds is 9. The van der Waals surface area contributed by atoms with E-state index in [1.807, 2.05) is 0 Å². The topological polar surface area (TPSA) is 78.8 Å². The Kier molecular flexibility index (Phi) is 7.48. The van der Waals surface area contributed by atoms with Gasteiger partial charge in [-0.3, -0.25) is 4.79 Å². The summed E-state index contributed by atoms with van der Waals surface area (Å²) < 4.78 is 5.48. The van der Waals surface area contributed by atoms with E-state index >= 15 is 0 Å². The van der Waals surface area contributed by atoms with Gasteiger partial charge >= 0.3 is 5.97 Å². The van der Waals surface area contributed by atoms with E-state index in [0.717, 1.165) is 26.2 Å². The monoisotopic (exact) mass is 287 g/mol. The maximum absolute atomic E-state index is 10.9. The Morgan fingerprint density at radius 3 is 2.60 bits per heavy atom. The second-order valence-electron chi connectivity index (χ2n) is 6.34. The van der Waals surface area contributed by atoms with Crippen molar-refractivity contribution in [1.29, 1.82) is 0 Å². The third-order valence-corrected chi connectivity index (χ3v) is 3.81. The van der Waals surface area contributed by atoms with E-state index < -0.39 is 11.6 Å². The van der Waals surface area contributed by atoms with Gasteiger partial charge in [0.2, 0.25) is 0 Å². The van der Waals surface area contributed by atoms with Crippen molar-refractivity contribution in [2.45, 2.75) is 51.6 Å². The summed E-state index contributed by atoms with van der Waals surface area (Å²) in [7, 11) is 0. The molecule has 3 N–H and O–H groups in total. The number of carboxylic acids is 1. The highest BCUT2D eigenvalue weighted by atomic mass is 16.5. The molecule has 0 aliphatic heterocycles. The molecule has 118 valence electrons. The van der Waals surface area contributed by atoms with Crippen LogP contribution in [0.1, 0.15) is 46.0 Å². The summed E-state index contributed by atoms with van der Waals surface area (Å²) in [6.07, 6.45) is 3.22. The number of aliphatic hydroxyl groups is 1. The standard InChI is InChI=1S/C15H29NO4/c1-12(2)10-20-9-3-8-16-11-15(19)6-4-13(5-7-15)14(17)18/h12-13,16,19H,3-11H2,1-2H3,(H,17,18). The molecule has 1 saturated carbocycles. The van der Waals surface area contributed by atoms with Crippen LogP contribution in [0.15, 0.2) is 0 Å². The van der Waals surface area contributed by atoms with Crippen LogP contribution in [-0.4, -0.2) is 48.1 Å². The minimum atomic E-state index is -0.734. The summed E-state index contributed by atoms with van der Waals surface area (Å²) in [5.41, 5.74) is -0.731. The number of hydrogen-bond donors (Lipinski definition) is 3. The zero-order valence-corrected chi connectivity index (χ0v) is 12.7. The van der Waals surface area contributed by atoms with Gasteiger partial charge in [0.05, 0.1) is 11.5 Å². The highest BCUT2D eigenvalue weighted by Gasteiger charge is 2.35. The second-order valence-corrected chi connectivity index (χ2v) is 6.34. The summed E-state index contributed by atoms with van der Waals surface area (Å²) in [5, 5.41) is 22.5. The molecule has 0 bridgehead atoms. The Morgan fingerprint density at radius 2 is 2.05 bits per heavy atom. The Morgan fingerprint density at radius 1 is 1.40 bits per heavy atom. The molecule has 0 aromatic heterocycles. The van der Waals surface area contributed by atoms with Crippen molar-refractivity contribution in [3.05, 3.63) is 0 Å². The Hall–Kier alpha value is -0.650. The minimum absolute atomic E-state index is 0.278. The average molecular weight is 287 g/mol. The largest absolute Gasteiger partial charge is 0.481 e. The van der Waals surface area contributed by atoms with Gasteiger partial charge in [-0.15, -0.1) is 0 Å². The molecule has 20 heavy (non-hydrogen) atoms. The number of hydrogen-bond acceptors (Lipinski definition) is 4. The number of carboxylic acid groups (broad SMARTS) is 1. The SMILES string of the molecule is CC(C)COCCCNCC1(O)CCC(C(=O)O)CC1. The van der Waals surface area contributed by atoms with E-state index in [4.69, 9.17) is 9.84 Å². The predicted octanol–water partition coefficient (Wildman–Crippen LogP) is 1.64. The van der Waals surface area contributed by atoms with Crippen molar-refractivity contribution >= 4 is 5.97 Å². The van der Waals surface area contributed by atoms with Crippen molar-refractivity contribution < 1.29 is 19.7 Å². The van der Waals surface area contributed by atoms with Crippen LogP contribution in [0.2, 0.25) is 0 Å². The van der Waals surface area contributed by atoms with Gasteiger partial charge in [-0.05, 0) is 44.6 Å². The molecule has 0 unspecified atom stereocenters. The predicted molar refractivity (Wildman–Crippen MR) is 77.7 cm³/mol. The number of carbonyl (C=O) groups is 1. The first-order chi connectivity index (χ1) is 9.43. The van der Waals surface area contributed by atoms with E-state index in [2.05, 4.69) is 19.2 Å². The molecule has 1 aliphatic rings. The molecular weight excluding hydrogens is 258 g/mol. The second kappa shape index (κ2) is 8.60. The van der Waals surface area contributed by atoms with Gasteiger partial charge in [-0.25, -0.2) is 0 Å². The molecule has 0 saturated heterocycles. The van der Waals surface area contributed by atoms with E-state index in [0.29, 0.717) is 38.1 Å². The first kappa shape index (κ1) is 17.4. The summed E-state index contributed by atoms with van der Waals surface area (Å²) in [5.74, 6) is -0.449. The van der Waals surface area contributed by atoms with Crippen molar-refractivity contribution in [3.63, 3.8) is 0 Å². The minimum Gasteiger partial charge on any atom is -0.481 e. The molecule has 5 nitrogen and oxygen atoms in total. The van der Waals surface area contributed by atoms with E-state index in [-0.39, 0.29) is 5.92 Å². The van der Waals surface area contributed by atoms with Crippen molar-refractivity contribution in [2.75, 3.05) is 26.3 Å². The van der Waals surface area contributed by atoms with E-state index in [1.54, 1.807) is 0 Å². The molecule has 0 aromatic carbocycles. The maximum atomic E-state index is 10.9. The van der Waals surface area contributed by atoms with Crippen LogP contribution in [0.3, 0.4) is 0 Å². The Labute approximate surface area is 121 Å². The van der Waals surface area contributed by atoms with Crippen LogP contribution in [0.25, 0.3) is 0 Å². The lowest BCUT2D eigenvalue weighted by Crippen LogP contribution is -2.44. The third kappa shape index (κ3) is 6.68. The van der Waals surface area contributed by atoms with Gasteiger partial charge in [0.1, 0.15) is 0 Å². The van der Waals surface area contributed by atoms with Gasteiger partial charge in [-0.2, -0.15) is 0 Å². The Balaban J connectivity index is 2.05.